The molecule has 1 heterocycles. The Morgan fingerprint density at radius 2 is 1.63 bits per heavy atom. The number of carbonyl (C=O) groups is 3. The van der Waals surface area contributed by atoms with Crippen LogP contribution in [0, 0.1) is 5.41 Å². The Bertz CT molecular complexity index is 1110. The topological polar surface area (TPSA) is 92.5 Å². The first-order chi connectivity index (χ1) is 16.4. The number of para-hydroxylation sites is 1. The monoisotopic (exact) mass is 477 g/mol. The lowest BCUT2D eigenvalue weighted by atomic mass is 9.84. The number of hydrogen-bond acceptors (Lipinski definition) is 3. The van der Waals surface area contributed by atoms with Crippen molar-refractivity contribution in [3.05, 3.63) is 64.2 Å². The lowest BCUT2D eigenvalue weighted by Crippen LogP contribution is -2.54. The van der Waals surface area contributed by atoms with Crippen LogP contribution in [0.5, 0.6) is 0 Å². The van der Waals surface area contributed by atoms with Gasteiger partial charge in [0.05, 0.1) is 0 Å². The highest BCUT2D eigenvalue weighted by Gasteiger charge is 2.40. The quantitative estimate of drug-likeness (QED) is 0.562. The van der Waals surface area contributed by atoms with E-state index in [1.165, 1.54) is 0 Å². The Balaban J connectivity index is 2.05. The van der Waals surface area contributed by atoms with Crippen LogP contribution in [-0.2, 0) is 22.6 Å². The summed E-state index contributed by atoms with van der Waals surface area (Å²) in [5.74, 6) is -0.299. The van der Waals surface area contributed by atoms with E-state index in [0.717, 1.165) is 27.9 Å². The molecule has 1 aliphatic rings. The van der Waals surface area contributed by atoms with Gasteiger partial charge >= 0.3 is 0 Å². The molecule has 0 spiro atoms. The maximum absolute atomic E-state index is 13.9. The lowest BCUT2D eigenvalue weighted by molar-refractivity contribution is -0.147. The van der Waals surface area contributed by atoms with Gasteiger partial charge in [0, 0.05) is 29.6 Å². The van der Waals surface area contributed by atoms with Crippen LogP contribution in [0.25, 0.3) is 0 Å². The Labute approximate surface area is 209 Å². The van der Waals surface area contributed by atoms with Crippen molar-refractivity contribution < 1.29 is 14.4 Å². The van der Waals surface area contributed by atoms with E-state index in [1.54, 1.807) is 17.0 Å². The van der Waals surface area contributed by atoms with Gasteiger partial charge in [0.25, 0.3) is 0 Å². The molecule has 1 atom stereocenters. The average Bonchev–Trinajstić information content (AvgIpc) is 2.81. The fourth-order valence-electron chi connectivity index (χ4n) is 4.63. The highest BCUT2D eigenvalue weighted by Crippen LogP contribution is 2.35. The number of amides is 3. The molecule has 188 valence electrons. The number of benzene rings is 2. The summed E-state index contributed by atoms with van der Waals surface area (Å²) >= 11 is 0. The first-order valence-corrected chi connectivity index (χ1v) is 12.5. The molecule has 3 amide bonds. The maximum atomic E-state index is 13.9. The number of rotatable bonds is 7. The van der Waals surface area contributed by atoms with E-state index in [-0.39, 0.29) is 30.2 Å². The molecule has 0 bridgehead atoms. The number of anilines is 1. The van der Waals surface area contributed by atoms with E-state index in [0.29, 0.717) is 18.4 Å². The van der Waals surface area contributed by atoms with Crippen LogP contribution in [0.1, 0.15) is 99.3 Å². The van der Waals surface area contributed by atoms with Gasteiger partial charge in [0.15, 0.2) is 0 Å². The molecular formula is C29H39N3O3. The fraction of sp³-hybridized carbons (Fsp3) is 0.483. The smallest absolute Gasteiger partial charge is 0.248 e. The summed E-state index contributed by atoms with van der Waals surface area (Å²) in [5, 5.41) is 3.22. The van der Waals surface area contributed by atoms with Gasteiger partial charge in [0.2, 0.25) is 17.7 Å². The minimum absolute atomic E-state index is 0.0727. The van der Waals surface area contributed by atoms with Gasteiger partial charge in [-0.3, -0.25) is 14.4 Å². The van der Waals surface area contributed by atoms with E-state index < -0.39 is 17.4 Å². The second kappa shape index (κ2) is 10.2. The molecular weight excluding hydrogens is 438 g/mol. The molecule has 0 aromatic heterocycles. The zero-order chi connectivity index (χ0) is 26.1. The number of nitrogens with one attached hydrogen (secondary N) is 1. The van der Waals surface area contributed by atoms with Crippen molar-refractivity contribution in [3.8, 4) is 0 Å². The Hall–Kier alpha value is -3.15. The molecule has 2 aromatic rings. The molecule has 0 radical (unpaired) electrons. The van der Waals surface area contributed by atoms with Crippen LogP contribution in [0.2, 0.25) is 0 Å². The summed E-state index contributed by atoms with van der Waals surface area (Å²) in [7, 11) is 0. The maximum Gasteiger partial charge on any atom is 0.248 e. The number of fused-ring (bicyclic) bond motifs is 1. The molecule has 3 rings (SSSR count). The minimum Gasteiger partial charge on any atom is -0.366 e. The second-order valence-electron chi connectivity index (χ2n) is 10.8. The Kier molecular flexibility index (Phi) is 7.73. The van der Waals surface area contributed by atoms with Crippen molar-refractivity contribution in [3.63, 3.8) is 0 Å². The molecule has 0 aliphatic carbocycles. The zero-order valence-electron chi connectivity index (χ0n) is 22.1. The SMILES string of the molecule is CCC(C)(C)C(=O)N1Cc2cc(C(N)=O)ccc2CC1C(=O)Nc1c(C(C)C)cccc1C(C)C. The number of carbonyl (C=O) groups excluding carboxylic acids is 3. The molecule has 0 fully saturated rings. The van der Waals surface area contributed by atoms with E-state index in [2.05, 4.69) is 45.1 Å². The van der Waals surface area contributed by atoms with Crippen molar-refractivity contribution in [1.82, 2.24) is 4.90 Å². The van der Waals surface area contributed by atoms with Gasteiger partial charge in [-0.1, -0.05) is 72.7 Å². The average molecular weight is 478 g/mol. The summed E-state index contributed by atoms with van der Waals surface area (Å²) in [6.45, 7) is 14.5. The number of nitrogens with two attached hydrogens (primary N) is 1. The van der Waals surface area contributed by atoms with Gasteiger partial charge in [-0.2, -0.15) is 0 Å². The summed E-state index contributed by atoms with van der Waals surface area (Å²) in [6, 6.07) is 10.8. The Morgan fingerprint density at radius 3 is 2.14 bits per heavy atom. The van der Waals surface area contributed by atoms with Crippen LogP contribution in [0.4, 0.5) is 5.69 Å². The van der Waals surface area contributed by atoms with Crippen molar-refractivity contribution in [2.24, 2.45) is 11.1 Å². The molecule has 1 unspecified atom stereocenters. The molecule has 2 aromatic carbocycles. The van der Waals surface area contributed by atoms with Crippen LogP contribution >= 0.6 is 0 Å². The van der Waals surface area contributed by atoms with Gasteiger partial charge in [-0.05, 0) is 52.6 Å². The number of nitrogens with zero attached hydrogens (tertiary/aromatic N) is 1. The third-order valence-corrected chi connectivity index (χ3v) is 7.27. The van der Waals surface area contributed by atoms with Gasteiger partial charge < -0.3 is 16.0 Å². The van der Waals surface area contributed by atoms with E-state index in [1.807, 2.05) is 32.9 Å². The predicted molar refractivity (Wildman–Crippen MR) is 140 cm³/mol. The zero-order valence-corrected chi connectivity index (χ0v) is 22.1. The van der Waals surface area contributed by atoms with Crippen LogP contribution in [-0.4, -0.2) is 28.7 Å². The highest BCUT2D eigenvalue weighted by molar-refractivity contribution is 6.00. The van der Waals surface area contributed by atoms with Crippen molar-refractivity contribution in [2.75, 3.05) is 5.32 Å². The normalized spacial score (nSPS) is 15.8. The van der Waals surface area contributed by atoms with Crippen molar-refractivity contribution >= 4 is 23.4 Å². The molecule has 35 heavy (non-hydrogen) atoms. The summed E-state index contributed by atoms with van der Waals surface area (Å²) < 4.78 is 0. The highest BCUT2D eigenvalue weighted by atomic mass is 16.2. The first kappa shape index (κ1) is 26.5. The largest absolute Gasteiger partial charge is 0.366 e. The Morgan fingerprint density at radius 1 is 1.03 bits per heavy atom. The third-order valence-electron chi connectivity index (χ3n) is 7.27. The third kappa shape index (κ3) is 5.42. The van der Waals surface area contributed by atoms with E-state index in [4.69, 9.17) is 5.73 Å². The van der Waals surface area contributed by atoms with Crippen LogP contribution in [0.15, 0.2) is 36.4 Å². The van der Waals surface area contributed by atoms with Gasteiger partial charge in [-0.25, -0.2) is 0 Å². The first-order valence-electron chi connectivity index (χ1n) is 12.5. The number of primary amides is 1. The van der Waals surface area contributed by atoms with Crippen molar-refractivity contribution in [2.45, 2.75) is 85.7 Å². The number of hydrogen-bond donors (Lipinski definition) is 2. The molecule has 6 nitrogen and oxygen atoms in total. The molecule has 1 aliphatic heterocycles. The van der Waals surface area contributed by atoms with Gasteiger partial charge in [-0.15, -0.1) is 0 Å². The molecule has 0 saturated carbocycles. The summed E-state index contributed by atoms with van der Waals surface area (Å²) in [4.78, 5) is 40.9. The van der Waals surface area contributed by atoms with Crippen LogP contribution < -0.4 is 11.1 Å². The summed E-state index contributed by atoms with van der Waals surface area (Å²) in [6.07, 6.45) is 1.03. The van der Waals surface area contributed by atoms with E-state index >= 15 is 0 Å². The molecule has 6 heteroatoms. The second-order valence-corrected chi connectivity index (χ2v) is 10.8. The standard InChI is InChI=1S/C29H39N3O3/c1-8-29(6,7)28(35)32-16-21-14-20(26(30)33)13-12-19(21)15-24(32)27(34)31-25-22(17(2)3)10-9-11-23(25)18(4)5/h9-14,17-18,24H,8,15-16H2,1-7H3,(H2,30,33)(H,31,34). The van der Waals surface area contributed by atoms with E-state index in [9.17, 15) is 14.4 Å². The molecule has 3 N–H and O–H groups in total. The predicted octanol–water partition coefficient (Wildman–Crippen LogP) is 5.36. The van der Waals surface area contributed by atoms with Crippen molar-refractivity contribution in [1.29, 1.82) is 0 Å². The van der Waals surface area contributed by atoms with Crippen LogP contribution in [0.3, 0.4) is 0 Å². The lowest BCUT2D eigenvalue weighted by Gasteiger charge is -2.40. The van der Waals surface area contributed by atoms with Gasteiger partial charge in [0.1, 0.15) is 6.04 Å². The fourth-order valence-corrected chi connectivity index (χ4v) is 4.63. The molecule has 0 saturated heterocycles. The summed E-state index contributed by atoms with van der Waals surface area (Å²) in [5.41, 5.74) is 10.1. The minimum atomic E-state index is -0.652.